The molecule has 1 unspecified atom stereocenters. The minimum Gasteiger partial charge on any atom is -0.493 e. The van der Waals surface area contributed by atoms with Crippen molar-refractivity contribution in [2.75, 3.05) is 14.2 Å². The van der Waals surface area contributed by atoms with Gasteiger partial charge in [0.15, 0.2) is 11.5 Å². The zero-order chi connectivity index (χ0) is 16.0. The van der Waals surface area contributed by atoms with Gasteiger partial charge in [-0.25, -0.2) is 4.79 Å². The van der Waals surface area contributed by atoms with Crippen LogP contribution in [0.2, 0.25) is 0 Å². The summed E-state index contributed by atoms with van der Waals surface area (Å²) in [5.74, 6) is -0.705. The fourth-order valence-corrected chi connectivity index (χ4v) is 1.99. The lowest BCUT2D eigenvalue weighted by Crippen LogP contribution is -2.41. The summed E-state index contributed by atoms with van der Waals surface area (Å²) in [7, 11) is 2.90. The molecule has 1 aromatic rings. The van der Waals surface area contributed by atoms with Crippen molar-refractivity contribution in [1.29, 1.82) is 0 Å². The summed E-state index contributed by atoms with van der Waals surface area (Å²) in [4.78, 5) is 23.5. The zero-order valence-corrected chi connectivity index (χ0v) is 12.7. The number of amides is 1. The molecule has 0 aromatic heterocycles. The van der Waals surface area contributed by atoms with E-state index in [0.29, 0.717) is 12.2 Å². The van der Waals surface area contributed by atoms with Gasteiger partial charge >= 0.3 is 5.97 Å². The predicted octanol–water partition coefficient (Wildman–Crippen LogP) is 1.93. The SMILES string of the molecule is COc1cccc(C(=O)NC(CC(C)C)C(=O)O)c1OC. The Hall–Kier alpha value is -2.24. The first kappa shape index (κ1) is 16.8. The van der Waals surface area contributed by atoms with E-state index >= 15 is 0 Å². The van der Waals surface area contributed by atoms with Crippen LogP contribution in [0, 0.1) is 5.92 Å². The molecule has 0 bridgehead atoms. The first-order valence-corrected chi connectivity index (χ1v) is 6.65. The van der Waals surface area contributed by atoms with Gasteiger partial charge in [-0.15, -0.1) is 0 Å². The molecular weight excluding hydrogens is 274 g/mol. The molecule has 0 fully saturated rings. The number of benzene rings is 1. The van der Waals surface area contributed by atoms with Gasteiger partial charge in [-0.3, -0.25) is 4.79 Å². The first-order valence-electron chi connectivity index (χ1n) is 6.65. The van der Waals surface area contributed by atoms with Gasteiger partial charge in [-0.2, -0.15) is 0 Å². The molecule has 1 atom stereocenters. The predicted molar refractivity (Wildman–Crippen MR) is 77.9 cm³/mol. The van der Waals surface area contributed by atoms with E-state index in [4.69, 9.17) is 9.47 Å². The Morgan fingerprint density at radius 1 is 1.24 bits per heavy atom. The topological polar surface area (TPSA) is 84.9 Å². The number of ether oxygens (including phenoxy) is 2. The van der Waals surface area contributed by atoms with E-state index in [0.717, 1.165) is 0 Å². The zero-order valence-electron chi connectivity index (χ0n) is 12.7. The normalized spacial score (nSPS) is 11.9. The molecule has 116 valence electrons. The number of hydrogen-bond acceptors (Lipinski definition) is 4. The largest absolute Gasteiger partial charge is 0.493 e. The molecule has 0 saturated carbocycles. The summed E-state index contributed by atoms with van der Waals surface area (Å²) >= 11 is 0. The minimum absolute atomic E-state index is 0.151. The molecular formula is C15H21NO5. The molecule has 1 amide bonds. The average Bonchev–Trinajstić information content (AvgIpc) is 2.44. The molecule has 2 N–H and O–H groups in total. The third kappa shape index (κ3) is 4.37. The number of carbonyl (C=O) groups excluding carboxylic acids is 1. The van der Waals surface area contributed by atoms with E-state index in [2.05, 4.69) is 5.32 Å². The van der Waals surface area contributed by atoms with E-state index in [9.17, 15) is 14.7 Å². The smallest absolute Gasteiger partial charge is 0.326 e. The second-order valence-electron chi connectivity index (χ2n) is 5.03. The molecule has 1 aromatic carbocycles. The number of hydrogen-bond donors (Lipinski definition) is 2. The number of aliphatic carboxylic acids is 1. The van der Waals surface area contributed by atoms with Gasteiger partial charge in [0.05, 0.1) is 19.8 Å². The van der Waals surface area contributed by atoms with Gasteiger partial charge in [-0.05, 0) is 24.5 Å². The molecule has 1 rings (SSSR count). The van der Waals surface area contributed by atoms with Crippen LogP contribution in [0.1, 0.15) is 30.6 Å². The molecule has 0 aliphatic carbocycles. The Balaban J connectivity index is 3.00. The standard InChI is InChI=1S/C15H21NO5/c1-9(2)8-11(15(18)19)16-14(17)10-6-5-7-12(20-3)13(10)21-4/h5-7,9,11H,8H2,1-4H3,(H,16,17)(H,18,19). The van der Waals surface area contributed by atoms with Gasteiger partial charge in [0, 0.05) is 0 Å². The van der Waals surface area contributed by atoms with E-state index in [-0.39, 0.29) is 17.2 Å². The third-order valence-corrected chi connectivity index (χ3v) is 2.96. The summed E-state index contributed by atoms with van der Waals surface area (Å²) in [5, 5.41) is 11.7. The summed E-state index contributed by atoms with van der Waals surface area (Å²) in [6, 6.07) is 3.94. The van der Waals surface area contributed by atoms with Crippen molar-refractivity contribution in [3.63, 3.8) is 0 Å². The van der Waals surface area contributed by atoms with Gasteiger partial charge in [0.2, 0.25) is 0 Å². The highest BCUT2D eigenvalue weighted by Gasteiger charge is 2.24. The van der Waals surface area contributed by atoms with Crippen LogP contribution < -0.4 is 14.8 Å². The highest BCUT2D eigenvalue weighted by Crippen LogP contribution is 2.30. The Morgan fingerprint density at radius 3 is 2.38 bits per heavy atom. The molecule has 0 aliphatic heterocycles. The van der Waals surface area contributed by atoms with Crippen LogP contribution in [0.4, 0.5) is 0 Å². The number of para-hydroxylation sites is 1. The lowest BCUT2D eigenvalue weighted by Gasteiger charge is -2.18. The summed E-state index contributed by atoms with van der Waals surface area (Å²) in [5.41, 5.74) is 0.242. The minimum atomic E-state index is -1.06. The van der Waals surface area contributed by atoms with Crippen LogP contribution in [0.3, 0.4) is 0 Å². The van der Waals surface area contributed by atoms with Crippen LogP contribution in [0.15, 0.2) is 18.2 Å². The highest BCUT2D eigenvalue weighted by molar-refractivity contribution is 5.99. The number of carboxylic acids is 1. The van der Waals surface area contributed by atoms with Crippen LogP contribution in [-0.2, 0) is 4.79 Å². The number of carbonyl (C=O) groups is 2. The maximum Gasteiger partial charge on any atom is 0.326 e. The van der Waals surface area contributed by atoms with Gasteiger partial charge in [-0.1, -0.05) is 19.9 Å². The summed E-state index contributed by atoms with van der Waals surface area (Å²) in [6.07, 6.45) is 0.355. The Bertz CT molecular complexity index is 513. The maximum atomic E-state index is 12.3. The summed E-state index contributed by atoms with van der Waals surface area (Å²) < 4.78 is 10.3. The van der Waals surface area contributed by atoms with Gasteiger partial charge < -0.3 is 19.9 Å². The lowest BCUT2D eigenvalue weighted by atomic mass is 10.0. The highest BCUT2D eigenvalue weighted by atomic mass is 16.5. The Morgan fingerprint density at radius 2 is 1.90 bits per heavy atom. The molecule has 0 saturated heterocycles. The Kier molecular flexibility index (Phi) is 6.02. The molecule has 0 radical (unpaired) electrons. The van der Waals surface area contributed by atoms with Crippen molar-refractivity contribution in [2.24, 2.45) is 5.92 Å². The molecule has 6 heteroatoms. The maximum absolute atomic E-state index is 12.3. The van der Waals surface area contributed by atoms with Crippen molar-refractivity contribution < 1.29 is 24.2 Å². The van der Waals surface area contributed by atoms with Crippen molar-refractivity contribution in [2.45, 2.75) is 26.3 Å². The number of carboxylic acid groups (broad SMARTS) is 1. The molecule has 21 heavy (non-hydrogen) atoms. The van der Waals surface area contributed by atoms with Crippen LogP contribution in [-0.4, -0.2) is 37.2 Å². The first-order chi connectivity index (χ1) is 9.90. The van der Waals surface area contributed by atoms with E-state index in [1.165, 1.54) is 14.2 Å². The fourth-order valence-electron chi connectivity index (χ4n) is 1.99. The molecule has 6 nitrogen and oxygen atoms in total. The average molecular weight is 295 g/mol. The molecule has 0 aliphatic rings. The number of methoxy groups -OCH3 is 2. The van der Waals surface area contributed by atoms with E-state index in [1.54, 1.807) is 18.2 Å². The fraction of sp³-hybridized carbons (Fsp3) is 0.467. The van der Waals surface area contributed by atoms with Crippen molar-refractivity contribution in [1.82, 2.24) is 5.32 Å². The quantitative estimate of drug-likeness (QED) is 0.803. The second-order valence-corrected chi connectivity index (χ2v) is 5.03. The van der Waals surface area contributed by atoms with Crippen molar-refractivity contribution >= 4 is 11.9 Å². The van der Waals surface area contributed by atoms with E-state index < -0.39 is 17.9 Å². The van der Waals surface area contributed by atoms with Gasteiger partial charge in [0.1, 0.15) is 6.04 Å². The summed E-state index contributed by atoms with van der Waals surface area (Å²) in [6.45, 7) is 3.79. The van der Waals surface area contributed by atoms with Crippen LogP contribution >= 0.6 is 0 Å². The second kappa shape index (κ2) is 7.52. The van der Waals surface area contributed by atoms with Gasteiger partial charge in [0.25, 0.3) is 5.91 Å². The van der Waals surface area contributed by atoms with Crippen molar-refractivity contribution in [3.8, 4) is 11.5 Å². The molecule has 0 spiro atoms. The number of nitrogens with one attached hydrogen (secondary N) is 1. The monoisotopic (exact) mass is 295 g/mol. The third-order valence-electron chi connectivity index (χ3n) is 2.96. The van der Waals surface area contributed by atoms with E-state index in [1.807, 2.05) is 13.8 Å². The lowest BCUT2D eigenvalue weighted by molar-refractivity contribution is -0.139. The van der Waals surface area contributed by atoms with Crippen LogP contribution in [0.25, 0.3) is 0 Å². The van der Waals surface area contributed by atoms with Crippen LogP contribution in [0.5, 0.6) is 11.5 Å². The molecule has 0 heterocycles. The Labute approximate surface area is 124 Å². The van der Waals surface area contributed by atoms with Crippen molar-refractivity contribution in [3.05, 3.63) is 23.8 Å². The number of rotatable bonds is 7.